The quantitative estimate of drug-likeness (QED) is 0.731. The van der Waals surface area contributed by atoms with Crippen LogP contribution in [0.25, 0.3) is 0 Å². The summed E-state index contributed by atoms with van der Waals surface area (Å²) in [7, 11) is 0. The number of nitrogens with zero attached hydrogens (tertiary/aromatic N) is 1. The Morgan fingerprint density at radius 3 is 2.19 bits per heavy atom. The van der Waals surface area contributed by atoms with Crippen molar-refractivity contribution in [3.8, 4) is 0 Å². The molecule has 16 heavy (non-hydrogen) atoms. The highest BCUT2D eigenvalue weighted by molar-refractivity contribution is 5.98. The lowest BCUT2D eigenvalue weighted by Gasteiger charge is -2.37. The summed E-state index contributed by atoms with van der Waals surface area (Å²) in [6.07, 6.45) is 5.91. The maximum atomic E-state index is 11.9. The highest BCUT2D eigenvalue weighted by Crippen LogP contribution is 2.46. The Labute approximate surface area is 95.6 Å². The molecule has 1 N–H and O–H groups in total. The number of hydrogen-bond acceptors (Lipinski definition) is 3. The summed E-state index contributed by atoms with van der Waals surface area (Å²) in [5.74, 6) is -0.0711. The van der Waals surface area contributed by atoms with Gasteiger partial charge >= 0.3 is 0 Å². The number of likely N-dealkylation sites (tertiary alicyclic amines) is 1. The Hall–Kier alpha value is -0.900. The normalized spacial score (nSPS) is 24.4. The van der Waals surface area contributed by atoms with E-state index in [1.54, 1.807) is 0 Å². The summed E-state index contributed by atoms with van der Waals surface area (Å²) < 4.78 is 0. The first-order valence-corrected chi connectivity index (χ1v) is 6.11. The van der Waals surface area contributed by atoms with Crippen LogP contribution in [-0.4, -0.2) is 35.0 Å². The second-order valence-electron chi connectivity index (χ2n) is 5.08. The summed E-state index contributed by atoms with van der Waals surface area (Å²) in [6, 6.07) is 0. The smallest absolute Gasteiger partial charge is 0.229 e. The van der Waals surface area contributed by atoms with Crippen molar-refractivity contribution in [3.63, 3.8) is 0 Å². The van der Waals surface area contributed by atoms with Crippen molar-refractivity contribution in [1.29, 1.82) is 0 Å². The van der Waals surface area contributed by atoms with E-state index in [0.29, 0.717) is 25.8 Å². The molecule has 2 amide bonds. The Kier molecular flexibility index (Phi) is 3.28. The largest absolute Gasteiger partial charge is 0.396 e. The minimum atomic E-state index is -0.0356. The minimum Gasteiger partial charge on any atom is -0.396 e. The summed E-state index contributed by atoms with van der Waals surface area (Å²) in [5.41, 5.74) is -0.0100. The first kappa shape index (κ1) is 11.6. The number of aliphatic hydroxyl groups excluding tert-OH is 1. The zero-order valence-electron chi connectivity index (χ0n) is 9.57. The van der Waals surface area contributed by atoms with Gasteiger partial charge in [0, 0.05) is 26.0 Å². The maximum Gasteiger partial charge on any atom is 0.229 e. The predicted octanol–water partition coefficient (Wildman–Crippen LogP) is 1.08. The third kappa shape index (κ3) is 2.12. The van der Waals surface area contributed by atoms with Crippen LogP contribution >= 0.6 is 0 Å². The van der Waals surface area contributed by atoms with Crippen LogP contribution < -0.4 is 0 Å². The van der Waals surface area contributed by atoms with E-state index in [1.807, 2.05) is 0 Å². The van der Waals surface area contributed by atoms with Crippen LogP contribution in [0.2, 0.25) is 0 Å². The highest BCUT2D eigenvalue weighted by Gasteiger charge is 2.44. The van der Waals surface area contributed by atoms with Gasteiger partial charge in [0.1, 0.15) is 0 Å². The number of aliphatic hydroxyl groups is 1. The number of hydrogen-bond donors (Lipinski definition) is 1. The molecule has 1 saturated heterocycles. The van der Waals surface area contributed by atoms with Crippen molar-refractivity contribution >= 4 is 11.8 Å². The van der Waals surface area contributed by atoms with E-state index in [2.05, 4.69) is 0 Å². The van der Waals surface area contributed by atoms with E-state index in [4.69, 9.17) is 5.11 Å². The van der Waals surface area contributed by atoms with E-state index in [9.17, 15) is 9.59 Å². The third-order valence-electron chi connectivity index (χ3n) is 3.86. The number of carbonyl (C=O) groups excluding carboxylic acids is 2. The Morgan fingerprint density at radius 2 is 1.69 bits per heavy atom. The van der Waals surface area contributed by atoms with Crippen molar-refractivity contribution in [2.24, 2.45) is 5.41 Å². The lowest BCUT2D eigenvalue weighted by Crippen LogP contribution is -2.47. The number of rotatable bonds is 3. The molecule has 1 aliphatic heterocycles. The Balaban J connectivity index is 2.01. The number of amides is 2. The summed E-state index contributed by atoms with van der Waals surface area (Å²) in [5, 5.41) is 8.73. The van der Waals surface area contributed by atoms with Gasteiger partial charge in [-0.1, -0.05) is 12.8 Å². The van der Waals surface area contributed by atoms with Gasteiger partial charge in [-0.25, -0.2) is 0 Å². The van der Waals surface area contributed by atoms with Gasteiger partial charge < -0.3 is 5.11 Å². The highest BCUT2D eigenvalue weighted by atomic mass is 16.3. The molecule has 0 radical (unpaired) electrons. The van der Waals surface area contributed by atoms with E-state index in [-0.39, 0.29) is 23.8 Å². The molecule has 2 fully saturated rings. The van der Waals surface area contributed by atoms with Crippen LogP contribution in [-0.2, 0) is 9.59 Å². The monoisotopic (exact) mass is 225 g/mol. The average Bonchev–Trinajstić information content (AvgIpc) is 2.65. The van der Waals surface area contributed by atoms with Gasteiger partial charge in [-0.15, -0.1) is 0 Å². The summed E-state index contributed by atoms with van der Waals surface area (Å²) >= 11 is 0. The van der Waals surface area contributed by atoms with Gasteiger partial charge in [0.15, 0.2) is 0 Å². The zero-order valence-corrected chi connectivity index (χ0v) is 9.57. The lowest BCUT2D eigenvalue weighted by atomic mass is 9.76. The van der Waals surface area contributed by atoms with E-state index < -0.39 is 0 Å². The molecule has 0 aromatic rings. The molecule has 2 aliphatic rings. The minimum absolute atomic E-state index is 0.0100. The molecular weight excluding hydrogens is 206 g/mol. The molecule has 0 aromatic carbocycles. The second kappa shape index (κ2) is 4.53. The molecule has 0 bridgehead atoms. The van der Waals surface area contributed by atoms with Crippen molar-refractivity contribution < 1.29 is 14.7 Å². The molecule has 4 nitrogen and oxygen atoms in total. The van der Waals surface area contributed by atoms with Gasteiger partial charge in [-0.2, -0.15) is 0 Å². The molecule has 2 rings (SSSR count). The molecule has 1 heterocycles. The van der Waals surface area contributed by atoms with Gasteiger partial charge in [-0.3, -0.25) is 14.5 Å². The van der Waals surface area contributed by atoms with Crippen LogP contribution in [0.4, 0.5) is 0 Å². The third-order valence-corrected chi connectivity index (χ3v) is 3.86. The van der Waals surface area contributed by atoms with Crippen LogP contribution in [0.1, 0.15) is 44.9 Å². The van der Waals surface area contributed by atoms with Gasteiger partial charge in [0.2, 0.25) is 11.8 Å². The van der Waals surface area contributed by atoms with E-state index in [0.717, 1.165) is 25.7 Å². The van der Waals surface area contributed by atoms with Crippen LogP contribution in [0, 0.1) is 5.41 Å². The molecule has 0 aromatic heterocycles. The fraction of sp³-hybridized carbons (Fsp3) is 0.833. The Morgan fingerprint density at radius 1 is 1.12 bits per heavy atom. The number of carbonyl (C=O) groups is 2. The summed E-state index contributed by atoms with van der Waals surface area (Å²) in [4.78, 5) is 25.1. The SMILES string of the molecule is O=C1CC2(CCCC2)CC(=O)N1CCCO. The molecule has 0 unspecified atom stereocenters. The van der Waals surface area contributed by atoms with Crippen molar-refractivity contribution in [3.05, 3.63) is 0 Å². The van der Waals surface area contributed by atoms with Gasteiger partial charge in [-0.05, 0) is 24.7 Å². The number of imide groups is 1. The molecule has 1 spiro atoms. The topological polar surface area (TPSA) is 57.6 Å². The predicted molar refractivity (Wildman–Crippen MR) is 58.6 cm³/mol. The second-order valence-corrected chi connectivity index (χ2v) is 5.08. The zero-order chi connectivity index (χ0) is 11.6. The van der Waals surface area contributed by atoms with E-state index >= 15 is 0 Å². The van der Waals surface area contributed by atoms with Gasteiger partial charge in [0.05, 0.1) is 0 Å². The lowest BCUT2D eigenvalue weighted by molar-refractivity contribution is -0.153. The molecule has 1 saturated carbocycles. The van der Waals surface area contributed by atoms with Crippen LogP contribution in [0.15, 0.2) is 0 Å². The Bertz CT molecular complexity index is 275. The molecular formula is C12H19NO3. The van der Waals surface area contributed by atoms with Gasteiger partial charge in [0.25, 0.3) is 0 Å². The van der Waals surface area contributed by atoms with Crippen LogP contribution in [0.3, 0.4) is 0 Å². The fourth-order valence-corrected chi connectivity index (χ4v) is 2.99. The van der Waals surface area contributed by atoms with Crippen molar-refractivity contribution in [1.82, 2.24) is 4.90 Å². The molecule has 90 valence electrons. The molecule has 1 aliphatic carbocycles. The number of piperidine rings is 1. The van der Waals surface area contributed by atoms with Crippen molar-refractivity contribution in [2.45, 2.75) is 44.9 Å². The fourth-order valence-electron chi connectivity index (χ4n) is 2.99. The first-order chi connectivity index (χ1) is 7.67. The first-order valence-electron chi connectivity index (χ1n) is 6.11. The molecule has 0 atom stereocenters. The standard InChI is InChI=1S/C12H19NO3/c14-7-3-6-13-10(15)8-12(9-11(13)16)4-1-2-5-12/h14H,1-9H2. The maximum absolute atomic E-state index is 11.9. The van der Waals surface area contributed by atoms with Crippen molar-refractivity contribution in [2.75, 3.05) is 13.2 Å². The average molecular weight is 225 g/mol. The van der Waals surface area contributed by atoms with Crippen LogP contribution in [0.5, 0.6) is 0 Å². The summed E-state index contributed by atoms with van der Waals surface area (Å²) in [6.45, 7) is 0.409. The van der Waals surface area contributed by atoms with E-state index in [1.165, 1.54) is 4.90 Å². The molecule has 4 heteroatoms.